The molecule has 0 bridgehead atoms. The topological polar surface area (TPSA) is 88.9 Å². The van der Waals surface area contributed by atoms with Gasteiger partial charge in [0.25, 0.3) is 5.91 Å². The standard InChI is InChI=1S/C25H28ClN5O2S/c1-4-14-31-23(21(15-17(2)3)28-24(33)19-12-8-9-13-20(19)26)29-30-25(31)34-16-22(32)27-18-10-6-5-7-11-18/h4-13,17,21H,1,14-16H2,2-3H3,(H,27,32)(H,28,33). The van der Waals surface area contributed by atoms with Crippen LogP contribution in [0.3, 0.4) is 0 Å². The molecule has 3 rings (SSSR count). The fraction of sp³-hybridized carbons (Fsp3) is 0.280. The molecule has 1 aromatic heterocycles. The number of hydrogen-bond acceptors (Lipinski definition) is 5. The Bertz CT molecular complexity index is 1130. The number of nitrogens with zero attached hydrogens (tertiary/aromatic N) is 3. The van der Waals surface area contributed by atoms with Crippen LogP contribution in [0.2, 0.25) is 5.02 Å². The zero-order valence-corrected chi connectivity index (χ0v) is 20.8. The van der Waals surface area contributed by atoms with Crippen LogP contribution in [-0.2, 0) is 11.3 Å². The van der Waals surface area contributed by atoms with Gasteiger partial charge in [0.1, 0.15) is 0 Å². The molecular formula is C25H28ClN5O2S. The van der Waals surface area contributed by atoms with Crippen LogP contribution < -0.4 is 10.6 Å². The van der Waals surface area contributed by atoms with Crippen molar-refractivity contribution in [3.63, 3.8) is 0 Å². The Hall–Kier alpha value is -3.10. The van der Waals surface area contributed by atoms with Crippen molar-refractivity contribution in [1.29, 1.82) is 0 Å². The molecule has 0 aliphatic rings. The second kappa shape index (κ2) is 12.4. The molecule has 2 aromatic carbocycles. The average Bonchev–Trinajstić information content (AvgIpc) is 3.20. The van der Waals surface area contributed by atoms with Crippen molar-refractivity contribution in [2.75, 3.05) is 11.1 Å². The van der Waals surface area contributed by atoms with Crippen LogP contribution in [0.1, 0.15) is 42.5 Å². The molecule has 178 valence electrons. The van der Waals surface area contributed by atoms with Gasteiger partial charge in [0.15, 0.2) is 11.0 Å². The number of benzene rings is 2. The first-order chi connectivity index (χ1) is 16.4. The second-order valence-corrected chi connectivity index (χ2v) is 9.43. The first-order valence-corrected chi connectivity index (χ1v) is 12.3. The third kappa shape index (κ3) is 6.95. The number of aromatic nitrogens is 3. The summed E-state index contributed by atoms with van der Waals surface area (Å²) in [7, 11) is 0. The third-order valence-electron chi connectivity index (χ3n) is 4.89. The smallest absolute Gasteiger partial charge is 0.253 e. The molecule has 0 saturated heterocycles. The highest BCUT2D eigenvalue weighted by Crippen LogP contribution is 2.26. The number of rotatable bonds is 11. The van der Waals surface area contributed by atoms with E-state index in [1.165, 1.54) is 11.8 Å². The minimum Gasteiger partial charge on any atom is -0.342 e. The van der Waals surface area contributed by atoms with Gasteiger partial charge in [0.2, 0.25) is 5.91 Å². The number of allylic oxidation sites excluding steroid dienone is 1. The quantitative estimate of drug-likeness (QED) is 0.275. The molecule has 0 aliphatic heterocycles. The lowest BCUT2D eigenvalue weighted by Crippen LogP contribution is -2.32. The van der Waals surface area contributed by atoms with Crippen molar-refractivity contribution < 1.29 is 9.59 Å². The lowest BCUT2D eigenvalue weighted by molar-refractivity contribution is -0.113. The molecule has 1 atom stereocenters. The van der Waals surface area contributed by atoms with E-state index in [1.54, 1.807) is 30.3 Å². The molecule has 3 aromatic rings. The van der Waals surface area contributed by atoms with E-state index in [4.69, 9.17) is 11.6 Å². The number of nitrogens with one attached hydrogen (secondary N) is 2. The van der Waals surface area contributed by atoms with Crippen molar-refractivity contribution in [3.8, 4) is 0 Å². The number of halogens is 1. The predicted octanol–water partition coefficient (Wildman–Crippen LogP) is 5.37. The van der Waals surface area contributed by atoms with Crippen molar-refractivity contribution >= 4 is 40.9 Å². The van der Waals surface area contributed by atoms with Crippen LogP contribution in [0.25, 0.3) is 0 Å². The number of hydrogen-bond donors (Lipinski definition) is 2. The molecule has 0 aliphatic carbocycles. The SMILES string of the molecule is C=CCn1c(SCC(=O)Nc2ccccc2)nnc1C(CC(C)C)NC(=O)c1ccccc1Cl. The molecule has 0 fully saturated rings. The van der Waals surface area contributed by atoms with Gasteiger partial charge in [0, 0.05) is 12.2 Å². The first-order valence-electron chi connectivity index (χ1n) is 11.0. The van der Waals surface area contributed by atoms with E-state index in [0.29, 0.717) is 34.5 Å². The number of carbonyl (C=O) groups is 2. The molecule has 1 heterocycles. The first kappa shape index (κ1) is 25.5. The summed E-state index contributed by atoms with van der Waals surface area (Å²) in [6.45, 7) is 8.44. The molecule has 1 unspecified atom stereocenters. The Balaban J connectivity index is 1.78. The molecule has 0 spiro atoms. The highest BCUT2D eigenvalue weighted by atomic mass is 35.5. The molecule has 9 heteroatoms. The zero-order chi connectivity index (χ0) is 24.5. The number of amides is 2. The molecule has 0 saturated carbocycles. The Morgan fingerprint density at radius 1 is 1.12 bits per heavy atom. The van der Waals surface area contributed by atoms with Crippen LogP contribution >= 0.6 is 23.4 Å². The molecule has 2 amide bonds. The minimum absolute atomic E-state index is 0.142. The van der Waals surface area contributed by atoms with E-state index in [9.17, 15) is 9.59 Å². The predicted molar refractivity (Wildman–Crippen MR) is 137 cm³/mol. The third-order valence-corrected chi connectivity index (χ3v) is 6.19. The van der Waals surface area contributed by atoms with Gasteiger partial charge >= 0.3 is 0 Å². The van der Waals surface area contributed by atoms with Crippen LogP contribution in [0.4, 0.5) is 5.69 Å². The van der Waals surface area contributed by atoms with Crippen LogP contribution in [0, 0.1) is 5.92 Å². The summed E-state index contributed by atoms with van der Waals surface area (Å²) in [6, 6.07) is 15.8. The monoisotopic (exact) mass is 497 g/mol. The van der Waals surface area contributed by atoms with E-state index in [0.717, 1.165) is 5.69 Å². The average molecular weight is 498 g/mol. The normalized spacial score (nSPS) is 11.8. The Kier molecular flexibility index (Phi) is 9.30. The maximum atomic E-state index is 13.0. The Morgan fingerprint density at radius 3 is 2.50 bits per heavy atom. The molecule has 2 N–H and O–H groups in total. The van der Waals surface area contributed by atoms with Gasteiger partial charge in [-0.25, -0.2) is 0 Å². The maximum Gasteiger partial charge on any atom is 0.253 e. The zero-order valence-electron chi connectivity index (χ0n) is 19.2. The Morgan fingerprint density at radius 2 is 1.82 bits per heavy atom. The number of para-hydroxylation sites is 1. The van der Waals surface area contributed by atoms with Crippen LogP contribution in [0.15, 0.2) is 72.4 Å². The van der Waals surface area contributed by atoms with E-state index in [2.05, 4.69) is 41.3 Å². The van der Waals surface area contributed by atoms with Crippen molar-refractivity contribution in [2.45, 2.75) is 38.0 Å². The summed E-state index contributed by atoms with van der Waals surface area (Å²) in [5, 5.41) is 15.6. The van der Waals surface area contributed by atoms with Gasteiger partial charge in [-0.1, -0.05) is 73.6 Å². The maximum absolute atomic E-state index is 13.0. The van der Waals surface area contributed by atoms with E-state index >= 15 is 0 Å². The summed E-state index contributed by atoms with van der Waals surface area (Å²) in [6.07, 6.45) is 2.40. The van der Waals surface area contributed by atoms with Crippen LogP contribution in [-0.4, -0.2) is 32.3 Å². The van der Waals surface area contributed by atoms with Crippen molar-refractivity contribution in [1.82, 2.24) is 20.1 Å². The van der Waals surface area contributed by atoms with E-state index < -0.39 is 0 Å². The van der Waals surface area contributed by atoms with Gasteiger partial charge in [-0.2, -0.15) is 0 Å². The van der Waals surface area contributed by atoms with Gasteiger partial charge in [-0.3, -0.25) is 9.59 Å². The fourth-order valence-electron chi connectivity index (χ4n) is 3.40. The number of thioether (sulfide) groups is 1. The fourth-order valence-corrected chi connectivity index (χ4v) is 4.37. The molecular weight excluding hydrogens is 470 g/mol. The summed E-state index contributed by atoms with van der Waals surface area (Å²) in [5.41, 5.74) is 1.14. The van der Waals surface area contributed by atoms with Gasteiger partial charge in [-0.15, -0.1) is 16.8 Å². The summed E-state index contributed by atoms with van der Waals surface area (Å²) < 4.78 is 1.88. The Labute approximate surface area is 209 Å². The van der Waals surface area contributed by atoms with Gasteiger partial charge in [-0.05, 0) is 36.6 Å². The summed E-state index contributed by atoms with van der Waals surface area (Å²) in [5.74, 6) is 0.654. The van der Waals surface area contributed by atoms with Crippen LogP contribution in [0.5, 0.6) is 0 Å². The van der Waals surface area contributed by atoms with Gasteiger partial charge < -0.3 is 15.2 Å². The second-order valence-electron chi connectivity index (χ2n) is 8.08. The molecule has 34 heavy (non-hydrogen) atoms. The highest BCUT2D eigenvalue weighted by Gasteiger charge is 2.25. The lowest BCUT2D eigenvalue weighted by Gasteiger charge is -2.21. The molecule has 7 nitrogen and oxygen atoms in total. The van der Waals surface area contributed by atoms with Crippen molar-refractivity contribution in [3.05, 3.63) is 83.7 Å². The molecule has 0 radical (unpaired) electrons. The highest BCUT2D eigenvalue weighted by molar-refractivity contribution is 7.99. The van der Waals surface area contributed by atoms with E-state index in [1.807, 2.05) is 34.9 Å². The van der Waals surface area contributed by atoms with Crippen molar-refractivity contribution in [2.24, 2.45) is 5.92 Å². The summed E-state index contributed by atoms with van der Waals surface area (Å²) in [4.78, 5) is 25.4. The number of carbonyl (C=O) groups excluding carboxylic acids is 2. The summed E-state index contributed by atoms with van der Waals surface area (Å²) >= 11 is 7.50. The van der Waals surface area contributed by atoms with E-state index in [-0.39, 0.29) is 29.5 Å². The van der Waals surface area contributed by atoms with Gasteiger partial charge in [0.05, 0.1) is 22.4 Å². The lowest BCUT2D eigenvalue weighted by atomic mass is 10.0. The minimum atomic E-state index is -0.385. The largest absolute Gasteiger partial charge is 0.342 e. The number of anilines is 1.